The second kappa shape index (κ2) is 4.53. The molecule has 1 saturated heterocycles. The lowest BCUT2D eigenvalue weighted by atomic mass is 9.94. The van der Waals surface area contributed by atoms with Crippen molar-refractivity contribution in [3.05, 3.63) is 29.3 Å². The van der Waals surface area contributed by atoms with Gasteiger partial charge in [-0.1, -0.05) is 17.7 Å². The molecule has 3 nitrogen and oxygen atoms in total. The van der Waals surface area contributed by atoms with E-state index >= 15 is 0 Å². The molecule has 0 amide bonds. The van der Waals surface area contributed by atoms with E-state index in [0.717, 1.165) is 5.69 Å². The van der Waals surface area contributed by atoms with Crippen molar-refractivity contribution >= 4 is 23.3 Å². The molecule has 5 heteroatoms. The zero-order chi connectivity index (χ0) is 12.5. The molecule has 2 rings (SSSR count). The molecule has 0 bridgehead atoms. The van der Waals surface area contributed by atoms with E-state index in [2.05, 4.69) is 0 Å². The molecule has 1 unspecified atom stereocenters. The van der Waals surface area contributed by atoms with Gasteiger partial charge in [-0.15, -0.1) is 0 Å². The number of halogens is 2. The summed E-state index contributed by atoms with van der Waals surface area (Å²) in [4.78, 5) is 12.6. The van der Waals surface area contributed by atoms with E-state index in [9.17, 15) is 9.18 Å². The van der Waals surface area contributed by atoms with Crippen LogP contribution in [0.25, 0.3) is 0 Å². The van der Waals surface area contributed by atoms with Crippen molar-refractivity contribution in [3.63, 3.8) is 0 Å². The van der Waals surface area contributed by atoms with E-state index < -0.39 is 11.6 Å². The summed E-state index contributed by atoms with van der Waals surface area (Å²) >= 11 is 5.86. The molecule has 1 aliphatic heterocycles. The molecule has 1 N–H and O–H groups in total. The minimum atomic E-state index is -2.15. The zero-order valence-corrected chi connectivity index (χ0v) is 9.95. The predicted octanol–water partition coefficient (Wildman–Crippen LogP) is 2.73. The SMILES string of the molecule is O=C(O)C1(F)CCCN(c2cccc(Cl)c2)C1. The molecule has 1 atom stereocenters. The van der Waals surface area contributed by atoms with Crippen LogP contribution in [0.1, 0.15) is 12.8 Å². The number of rotatable bonds is 2. The van der Waals surface area contributed by atoms with Gasteiger partial charge in [-0.2, -0.15) is 0 Å². The van der Waals surface area contributed by atoms with Gasteiger partial charge in [-0.25, -0.2) is 9.18 Å². The van der Waals surface area contributed by atoms with Crippen molar-refractivity contribution in [1.82, 2.24) is 0 Å². The summed E-state index contributed by atoms with van der Waals surface area (Å²) in [5, 5.41) is 9.45. The third-order valence-corrected chi connectivity index (χ3v) is 3.23. The quantitative estimate of drug-likeness (QED) is 0.886. The first-order valence-corrected chi connectivity index (χ1v) is 5.82. The van der Waals surface area contributed by atoms with Crippen molar-refractivity contribution in [3.8, 4) is 0 Å². The average Bonchev–Trinajstić information content (AvgIpc) is 2.29. The highest BCUT2D eigenvalue weighted by atomic mass is 35.5. The van der Waals surface area contributed by atoms with Crippen molar-refractivity contribution < 1.29 is 14.3 Å². The van der Waals surface area contributed by atoms with Gasteiger partial charge in [-0.05, 0) is 31.0 Å². The van der Waals surface area contributed by atoms with Crippen molar-refractivity contribution in [2.75, 3.05) is 18.0 Å². The topological polar surface area (TPSA) is 40.5 Å². The maximum absolute atomic E-state index is 14.1. The van der Waals surface area contributed by atoms with Gasteiger partial charge < -0.3 is 10.0 Å². The van der Waals surface area contributed by atoms with Gasteiger partial charge in [0.2, 0.25) is 5.67 Å². The number of hydrogen-bond donors (Lipinski definition) is 1. The van der Waals surface area contributed by atoms with Crippen LogP contribution in [0.3, 0.4) is 0 Å². The molecule has 0 radical (unpaired) electrons. The smallest absolute Gasteiger partial charge is 0.343 e. The summed E-state index contributed by atoms with van der Waals surface area (Å²) in [6.07, 6.45) is 0.592. The molecule has 92 valence electrons. The fourth-order valence-electron chi connectivity index (χ4n) is 2.08. The first-order chi connectivity index (χ1) is 8.01. The highest BCUT2D eigenvalue weighted by Crippen LogP contribution is 2.30. The number of carboxylic acids is 1. The number of carboxylic acid groups (broad SMARTS) is 1. The summed E-state index contributed by atoms with van der Waals surface area (Å²) in [6, 6.07) is 7.02. The molecular weight excluding hydrogens is 245 g/mol. The lowest BCUT2D eigenvalue weighted by Gasteiger charge is -2.36. The van der Waals surface area contributed by atoms with Crippen LogP contribution in [-0.4, -0.2) is 29.8 Å². The second-order valence-electron chi connectivity index (χ2n) is 4.28. The fraction of sp³-hybridized carbons (Fsp3) is 0.417. The van der Waals surface area contributed by atoms with Crippen molar-refractivity contribution in [2.24, 2.45) is 0 Å². The van der Waals surface area contributed by atoms with E-state index in [1.807, 2.05) is 0 Å². The van der Waals surface area contributed by atoms with Crippen LogP contribution in [0.5, 0.6) is 0 Å². The van der Waals surface area contributed by atoms with Crippen molar-refractivity contribution in [2.45, 2.75) is 18.5 Å². The Balaban J connectivity index is 2.20. The Hall–Kier alpha value is -1.29. The zero-order valence-electron chi connectivity index (χ0n) is 9.20. The number of nitrogens with zero attached hydrogens (tertiary/aromatic N) is 1. The molecule has 0 aromatic heterocycles. The normalized spacial score (nSPS) is 24.7. The van der Waals surface area contributed by atoms with E-state index in [1.54, 1.807) is 29.2 Å². The third-order valence-electron chi connectivity index (χ3n) is 3.00. The van der Waals surface area contributed by atoms with Crippen LogP contribution in [0.15, 0.2) is 24.3 Å². The summed E-state index contributed by atoms with van der Waals surface area (Å²) in [5.74, 6) is -1.38. The number of benzene rings is 1. The largest absolute Gasteiger partial charge is 0.479 e. The summed E-state index contributed by atoms with van der Waals surface area (Å²) in [6.45, 7) is 0.530. The summed E-state index contributed by atoms with van der Waals surface area (Å²) in [7, 11) is 0. The lowest BCUT2D eigenvalue weighted by Crippen LogP contribution is -2.50. The summed E-state index contributed by atoms with van der Waals surface area (Å²) in [5.41, 5.74) is -1.39. The number of anilines is 1. The molecule has 1 aromatic rings. The number of alkyl halides is 1. The molecule has 1 heterocycles. The van der Waals surface area contributed by atoms with Gasteiger partial charge in [0.1, 0.15) is 0 Å². The average molecular weight is 258 g/mol. The monoisotopic (exact) mass is 257 g/mol. The van der Waals surface area contributed by atoms with Crippen LogP contribution in [0.4, 0.5) is 10.1 Å². The van der Waals surface area contributed by atoms with Crippen LogP contribution >= 0.6 is 11.6 Å². The first kappa shape index (κ1) is 12.2. The van der Waals surface area contributed by atoms with E-state index in [-0.39, 0.29) is 13.0 Å². The van der Waals surface area contributed by atoms with Gasteiger partial charge in [0.25, 0.3) is 0 Å². The van der Waals surface area contributed by atoms with E-state index in [4.69, 9.17) is 16.7 Å². The number of aliphatic carboxylic acids is 1. The Kier molecular flexibility index (Phi) is 3.24. The van der Waals surface area contributed by atoms with Crippen LogP contribution in [0.2, 0.25) is 5.02 Å². The fourth-order valence-corrected chi connectivity index (χ4v) is 2.26. The molecule has 1 aliphatic rings. The minimum Gasteiger partial charge on any atom is -0.479 e. The Labute approximate surface area is 104 Å². The number of hydrogen-bond acceptors (Lipinski definition) is 2. The molecule has 1 aromatic carbocycles. The van der Waals surface area contributed by atoms with Gasteiger partial charge >= 0.3 is 5.97 Å². The maximum Gasteiger partial charge on any atom is 0.343 e. The highest BCUT2D eigenvalue weighted by Gasteiger charge is 2.42. The molecule has 0 aliphatic carbocycles. The second-order valence-corrected chi connectivity index (χ2v) is 4.71. The Morgan fingerprint density at radius 1 is 1.53 bits per heavy atom. The van der Waals surface area contributed by atoms with Gasteiger partial charge in [0, 0.05) is 17.3 Å². The van der Waals surface area contributed by atoms with Gasteiger partial charge in [0.15, 0.2) is 0 Å². The molecule has 0 spiro atoms. The van der Waals surface area contributed by atoms with E-state index in [0.29, 0.717) is 18.0 Å². The number of piperidine rings is 1. The van der Waals surface area contributed by atoms with Crippen LogP contribution < -0.4 is 4.90 Å². The van der Waals surface area contributed by atoms with Gasteiger partial charge in [-0.3, -0.25) is 0 Å². The van der Waals surface area contributed by atoms with Crippen molar-refractivity contribution in [1.29, 1.82) is 0 Å². The highest BCUT2D eigenvalue weighted by molar-refractivity contribution is 6.30. The Morgan fingerprint density at radius 2 is 2.29 bits per heavy atom. The number of carbonyl (C=O) groups is 1. The van der Waals surface area contributed by atoms with Crippen LogP contribution in [-0.2, 0) is 4.79 Å². The van der Waals surface area contributed by atoms with E-state index in [1.165, 1.54) is 0 Å². The Bertz CT molecular complexity index is 440. The predicted molar refractivity (Wildman–Crippen MR) is 64.4 cm³/mol. The third kappa shape index (κ3) is 2.52. The Morgan fingerprint density at radius 3 is 2.94 bits per heavy atom. The molecular formula is C12H13ClFNO2. The van der Waals surface area contributed by atoms with Gasteiger partial charge in [0.05, 0.1) is 6.54 Å². The maximum atomic E-state index is 14.1. The molecule has 1 fully saturated rings. The standard InChI is InChI=1S/C12H13ClFNO2/c13-9-3-1-4-10(7-9)15-6-2-5-12(14,8-15)11(16)17/h1,3-4,7H,2,5-6,8H2,(H,16,17). The van der Waals surface area contributed by atoms with Crippen LogP contribution in [0, 0.1) is 0 Å². The molecule has 17 heavy (non-hydrogen) atoms. The minimum absolute atomic E-state index is 0.0688. The lowest BCUT2D eigenvalue weighted by molar-refractivity contribution is -0.151. The summed E-state index contributed by atoms with van der Waals surface area (Å²) < 4.78 is 14.1. The molecule has 0 saturated carbocycles. The first-order valence-electron chi connectivity index (χ1n) is 5.44.